The van der Waals surface area contributed by atoms with Gasteiger partial charge in [-0.15, -0.1) is 0 Å². The van der Waals surface area contributed by atoms with Crippen molar-refractivity contribution in [3.8, 4) is 0 Å². The number of furan rings is 1. The minimum Gasteiger partial charge on any atom is -0.461 e. The highest BCUT2D eigenvalue weighted by Crippen LogP contribution is 2.49. The van der Waals surface area contributed by atoms with Gasteiger partial charge in [-0.25, -0.2) is 0 Å². The maximum absolute atomic E-state index is 11.5. The third-order valence-electron chi connectivity index (χ3n) is 5.83. The molecule has 3 heteroatoms. The van der Waals surface area contributed by atoms with Gasteiger partial charge in [-0.3, -0.25) is 4.79 Å². The number of benzene rings is 2. The number of carbonyl (C=O) groups excluding carboxylic acids is 1. The molecule has 1 heterocycles. The van der Waals surface area contributed by atoms with E-state index in [-0.39, 0.29) is 5.91 Å². The number of nitrogens with one attached hydrogen (secondary N) is 1. The molecule has 2 aromatic carbocycles. The van der Waals surface area contributed by atoms with Gasteiger partial charge in [-0.1, -0.05) is 49.4 Å². The summed E-state index contributed by atoms with van der Waals surface area (Å²) in [6, 6.07) is 19.3. The van der Waals surface area contributed by atoms with E-state index in [9.17, 15) is 4.79 Å². The van der Waals surface area contributed by atoms with E-state index in [1.54, 1.807) is 0 Å². The molecular formula is C25H29NO2. The molecule has 0 spiro atoms. The van der Waals surface area contributed by atoms with E-state index in [0.29, 0.717) is 18.3 Å². The highest BCUT2D eigenvalue weighted by molar-refractivity contribution is 5.83. The lowest BCUT2D eigenvalue weighted by Crippen LogP contribution is -2.24. The van der Waals surface area contributed by atoms with Crippen LogP contribution in [0.1, 0.15) is 55.4 Å². The summed E-state index contributed by atoms with van der Waals surface area (Å²) in [6.45, 7) is 2.69. The molecule has 1 aromatic heterocycles. The van der Waals surface area contributed by atoms with Crippen LogP contribution in [0.5, 0.6) is 0 Å². The maximum atomic E-state index is 11.5. The first-order valence-corrected chi connectivity index (χ1v) is 10.6. The predicted molar refractivity (Wildman–Crippen MR) is 113 cm³/mol. The minimum atomic E-state index is 0.143. The molecule has 4 rings (SSSR count). The molecule has 0 bridgehead atoms. The lowest BCUT2D eigenvalue weighted by molar-refractivity contribution is -0.120. The maximum Gasteiger partial charge on any atom is 0.219 e. The number of carbonyl (C=O) groups is 1. The zero-order valence-electron chi connectivity index (χ0n) is 16.6. The highest BCUT2D eigenvalue weighted by atomic mass is 16.3. The smallest absolute Gasteiger partial charge is 0.219 e. The molecule has 146 valence electrons. The van der Waals surface area contributed by atoms with E-state index in [2.05, 4.69) is 59.9 Å². The van der Waals surface area contributed by atoms with Crippen molar-refractivity contribution in [2.24, 2.45) is 5.92 Å². The number of hydrogen-bond acceptors (Lipinski definition) is 2. The van der Waals surface area contributed by atoms with Gasteiger partial charge in [-0.05, 0) is 60.8 Å². The Bertz CT molecular complexity index is 928. The average molecular weight is 376 g/mol. The molecule has 0 radical (unpaired) electrons. The van der Waals surface area contributed by atoms with Crippen LogP contribution < -0.4 is 5.32 Å². The summed E-state index contributed by atoms with van der Waals surface area (Å²) in [7, 11) is 0. The number of amides is 1. The molecule has 2 atom stereocenters. The molecule has 28 heavy (non-hydrogen) atoms. The summed E-state index contributed by atoms with van der Waals surface area (Å²) in [5, 5.41) is 4.29. The van der Waals surface area contributed by atoms with Gasteiger partial charge < -0.3 is 9.73 Å². The number of rotatable bonds is 9. The van der Waals surface area contributed by atoms with E-state index in [4.69, 9.17) is 4.42 Å². The van der Waals surface area contributed by atoms with Crippen LogP contribution in [0.3, 0.4) is 0 Å². The van der Waals surface area contributed by atoms with Crippen LogP contribution >= 0.6 is 0 Å². The third kappa shape index (κ3) is 4.46. The van der Waals surface area contributed by atoms with E-state index in [1.165, 1.54) is 22.9 Å². The first-order valence-electron chi connectivity index (χ1n) is 10.6. The van der Waals surface area contributed by atoms with Gasteiger partial charge in [0.05, 0.1) is 0 Å². The van der Waals surface area contributed by atoms with E-state index in [1.807, 2.05) is 6.92 Å². The second-order valence-corrected chi connectivity index (χ2v) is 7.92. The number of unbranched alkanes of at least 4 members (excludes halogenated alkanes) is 1. The molecule has 3 aromatic rings. The first-order chi connectivity index (χ1) is 13.7. The molecule has 1 aliphatic carbocycles. The summed E-state index contributed by atoms with van der Waals surface area (Å²) < 4.78 is 6.12. The van der Waals surface area contributed by atoms with Crippen LogP contribution in [0, 0.1) is 5.92 Å². The summed E-state index contributed by atoms with van der Waals surface area (Å²) >= 11 is 0. The molecule has 0 saturated heterocycles. The quantitative estimate of drug-likeness (QED) is 0.493. The fourth-order valence-electron chi connectivity index (χ4n) is 4.08. The minimum absolute atomic E-state index is 0.143. The molecule has 3 nitrogen and oxygen atoms in total. The number of hydrogen-bond donors (Lipinski definition) is 1. The van der Waals surface area contributed by atoms with Crippen molar-refractivity contribution < 1.29 is 9.21 Å². The lowest BCUT2D eigenvalue weighted by atomic mass is 10.0. The normalized spacial score (nSPS) is 18.3. The van der Waals surface area contributed by atoms with Crippen molar-refractivity contribution in [1.82, 2.24) is 5.32 Å². The van der Waals surface area contributed by atoms with Gasteiger partial charge in [0.15, 0.2) is 0 Å². The van der Waals surface area contributed by atoms with Gasteiger partial charge in [0.2, 0.25) is 5.91 Å². The third-order valence-corrected chi connectivity index (χ3v) is 5.83. The summed E-state index contributed by atoms with van der Waals surface area (Å²) in [5.41, 5.74) is 3.79. The van der Waals surface area contributed by atoms with E-state index in [0.717, 1.165) is 43.6 Å². The van der Waals surface area contributed by atoms with Crippen LogP contribution in [0.15, 0.2) is 59.0 Å². The Balaban J connectivity index is 1.34. The highest BCUT2D eigenvalue weighted by Gasteiger charge is 2.39. The Labute approximate surface area is 167 Å². The zero-order chi connectivity index (χ0) is 19.3. The predicted octanol–water partition coefficient (Wildman–Crippen LogP) is 5.63. The SMILES string of the molecule is CCC(=O)NC[C@@H]1C[C@H]1c1cccc2oc(CCCCc3ccccc3)cc12. The van der Waals surface area contributed by atoms with Crippen LogP contribution in [-0.2, 0) is 17.6 Å². The second-order valence-electron chi connectivity index (χ2n) is 7.92. The standard InChI is InChI=1S/C25H29NO2/c1-2-25(27)26-17-19-15-22(19)21-13-8-14-24-23(21)16-20(28-24)12-7-6-11-18-9-4-3-5-10-18/h3-5,8-10,13-14,16,19,22H,2,6-7,11-12,15,17H2,1H3,(H,26,27)/t19-,22+/m0/s1. The summed E-state index contributed by atoms with van der Waals surface area (Å²) in [6.07, 6.45) is 6.14. The molecular weight excluding hydrogens is 346 g/mol. The van der Waals surface area contributed by atoms with Crippen molar-refractivity contribution in [1.29, 1.82) is 0 Å². The van der Waals surface area contributed by atoms with Gasteiger partial charge >= 0.3 is 0 Å². The van der Waals surface area contributed by atoms with Crippen molar-refractivity contribution in [3.63, 3.8) is 0 Å². The monoisotopic (exact) mass is 375 g/mol. The summed E-state index contributed by atoms with van der Waals surface area (Å²) in [5.74, 6) is 2.34. The Hall–Kier alpha value is -2.55. The zero-order valence-corrected chi connectivity index (χ0v) is 16.6. The van der Waals surface area contributed by atoms with Crippen LogP contribution in [-0.4, -0.2) is 12.5 Å². The topological polar surface area (TPSA) is 42.2 Å². The fourth-order valence-corrected chi connectivity index (χ4v) is 4.08. The summed E-state index contributed by atoms with van der Waals surface area (Å²) in [4.78, 5) is 11.5. The molecule has 0 aliphatic heterocycles. The fraction of sp³-hybridized carbons (Fsp3) is 0.400. The Morgan fingerprint density at radius 3 is 2.71 bits per heavy atom. The molecule has 1 aliphatic rings. The second kappa shape index (κ2) is 8.64. The van der Waals surface area contributed by atoms with Gasteiger partial charge in [0, 0.05) is 24.8 Å². The van der Waals surface area contributed by atoms with Crippen LogP contribution in [0.2, 0.25) is 0 Å². The van der Waals surface area contributed by atoms with Gasteiger partial charge in [0.25, 0.3) is 0 Å². The largest absolute Gasteiger partial charge is 0.461 e. The number of aryl methyl sites for hydroxylation is 2. The molecule has 1 N–H and O–H groups in total. The number of fused-ring (bicyclic) bond motifs is 1. The van der Waals surface area contributed by atoms with Crippen LogP contribution in [0.4, 0.5) is 0 Å². The average Bonchev–Trinajstić information content (AvgIpc) is 3.38. The van der Waals surface area contributed by atoms with Crippen molar-refractivity contribution >= 4 is 16.9 Å². The Morgan fingerprint density at radius 2 is 1.89 bits per heavy atom. The molecule has 1 saturated carbocycles. The first kappa shape index (κ1) is 18.8. The van der Waals surface area contributed by atoms with Gasteiger partial charge in [-0.2, -0.15) is 0 Å². The van der Waals surface area contributed by atoms with Crippen LogP contribution in [0.25, 0.3) is 11.0 Å². The van der Waals surface area contributed by atoms with Crippen molar-refractivity contribution in [2.75, 3.05) is 6.54 Å². The molecule has 1 amide bonds. The molecule has 0 unspecified atom stereocenters. The van der Waals surface area contributed by atoms with Crippen molar-refractivity contribution in [2.45, 2.75) is 51.4 Å². The Morgan fingerprint density at radius 1 is 1.07 bits per heavy atom. The lowest BCUT2D eigenvalue weighted by Gasteiger charge is -2.04. The van der Waals surface area contributed by atoms with E-state index < -0.39 is 0 Å². The van der Waals surface area contributed by atoms with Gasteiger partial charge in [0.1, 0.15) is 11.3 Å². The Kier molecular flexibility index (Phi) is 5.80. The van der Waals surface area contributed by atoms with Crippen molar-refractivity contribution in [3.05, 3.63) is 71.5 Å². The van der Waals surface area contributed by atoms with E-state index >= 15 is 0 Å². The molecule has 1 fully saturated rings.